The Kier molecular flexibility index (Phi) is 5.35. The Morgan fingerprint density at radius 1 is 1.33 bits per heavy atom. The van der Waals surface area contributed by atoms with Crippen LogP contribution in [0.5, 0.6) is 0 Å². The second-order valence-electron chi connectivity index (χ2n) is 4.97. The molecule has 0 aliphatic carbocycles. The van der Waals surface area contributed by atoms with Crippen molar-refractivity contribution in [3.63, 3.8) is 0 Å². The number of ether oxygens (including phenoxy) is 1. The molecule has 1 rings (SSSR count). The molecule has 1 unspecified atom stereocenters. The highest BCUT2D eigenvalue weighted by atomic mass is 28.3. The summed E-state index contributed by atoms with van der Waals surface area (Å²) in [6.45, 7) is 6.44. The monoisotopic (exact) mass is 262 g/mol. The van der Waals surface area contributed by atoms with Crippen molar-refractivity contribution in [2.75, 3.05) is 7.11 Å². The van der Waals surface area contributed by atoms with Crippen LogP contribution < -0.4 is 5.19 Å². The van der Waals surface area contributed by atoms with E-state index in [2.05, 4.69) is 31.3 Å². The van der Waals surface area contributed by atoms with E-state index in [4.69, 9.17) is 4.74 Å². The van der Waals surface area contributed by atoms with Crippen molar-refractivity contribution in [1.82, 2.24) is 0 Å². The number of carbonyl (C=O) groups is 1. The van der Waals surface area contributed by atoms with Gasteiger partial charge in [-0.2, -0.15) is 0 Å². The fraction of sp³-hybridized carbons (Fsp3) is 0.400. The molecule has 0 radical (unpaired) electrons. The summed E-state index contributed by atoms with van der Waals surface area (Å²) in [5, 5.41) is 1.30. The highest BCUT2D eigenvalue weighted by Gasteiger charge is 2.38. The number of esters is 1. The molecule has 2 nitrogen and oxygen atoms in total. The van der Waals surface area contributed by atoms with Crippen molar-refractivity contribution >= 4 is 19.2 Å². The average Bonchev–Trinajstić information content (AvgIpc) is 2.39. The van der Waals surface area contributed by atoms with Crippen molar-refractivity contribution in [2.24, 2.45) is 0 Å². The molecule has 0 saturated carbocycles. The van der Waals surface area contributed by atoms with Crippen LogP contribution in [0.3, 0.4) is 0 Å². The fourth-order valence-corrected chi connectivity index (χ4v) is 5.06. The van der Waals surface area contributed by atoms with Crippen molar-refractivity contribution in [3.05, 3.63) is 42.5 Å². The summed E-state index contributed by atoms with van der Waals surface area (Å²) in [6, 6.07) is 10.3. The van der Waals surface area contributed by atoms with E-state index in [0.717, 1.165) is 6.42 Å². The summed E-state index contributed by atoms with van der Waals surface area (Å²) >= 11 is 0. The summed E-state index contributed by atoms with van der Waals surface area (Å²) in [6.07, 6.45) is 4.81. The Morgan fingerprint density at radius 3 is 2.44 bits per heavy atom. The normalized spacial score (nSPS) is 13.6. The minimum absolute atomic E-state index is 0.0268. The lowest BCUT2D eigenvalue weighted by atomic mass is 10.3. The number of carbonyl (C=O) groups excluding carboxylic acids is 1. The molecule has 0 aromatic heterocycles. The van der Waals surface area contributed by atoms with Gasteiger partial charge in [-0.15, -0.1) is 0 Å². The number of allylic oxidation sites excluding steroid dienone is 2. The summed E-state index contributed by atoms with van der Waals surface area (Å²) in [5.74, 6) is -0.0892. The topological polar surface area (TPSA) is 26.3 Å². The molecule has 0 heterocycles. The zero-order valence-corrected chi connectivity index (χ0v) is 12.6. The SMILES string of the molecule is C/C=C/CC(C(=O)OC)[Si](C)(C)c1ccccc1. The molecule has 18 heavy (non-hydrogen) atoms. The number of rotatable bonds is 5. The molecule has 0 aliphatic heterocycles. The van der Waals surface area contributed by atoms with Gasteiger partial charge in [0.05, 0.1) is 20.7 Å². The predicted molar refractivity (Wildman–Crippen MR) is 78.8 cm³/mol. The molecule has 1 aromatic carbocycles. The van der Waals surface area contributed by atoms with E-state index in [1.165, 1.54) is 12.3 Å². The van der Waals surface area contributed by atoms with Crippen LogP contribution in [0.4, 0.5) is 0 Å². The van der Waals surface area contributed by atoms with Crippen LogP contribution in [-0.2, 0) is 9.53 Å². The van der Waals surface area contributed by atoms with E-state index in [9.17, 15) is 4.79 Å². The largest absolute Gasteiger partial charge is 0.469 e. The summed E-state index contributed by atoms with van der Waals surface area (Å²) in [4.78, 5) is 12.0. The zero-order chi connectivity index (χ0) is 13.6. The maximum atomic E-state index is 12.0. The molecule has 0 saturated heterocycles. The van der Waals surface area contributed by atoms with E-state index < -0.39 is 8.07 Å². The second-order valence-corrected chi connectivity index (χ2v) is 9.69. The molecular formula is C15H22O2Si. The average molecular weight is 262 g/mol. The van der Waals surface area contributed by atoms with E-state index in [0.29, 0.717) is 0 Å². The minimum Gasteiger partial charge on any atom is -0.469 e. The summed E-state index contributed by atoms with van der Waals surface area (Å²) in [7, 11) is -0.383. The molecule has 0 aliphatic rings. The van der Waals surface area contributed by atoms with E-state index in [1.54, 1.807) is 0 Å². The van der Waals surface area contributed by atoms with Gasteiger partial charge in [-0.1, -0.05) is 60.8 Å². The molecular weight excluding hydrogens is 240 g/mol. The Bertz CT molecular complexity index is 410. The standard InChI is InChI=1S/C15H22O2Si/c1-5-6-12-14(15(16)17-2)18(3,4)13-10-8-7-9-11-13/h5-11,14H,12H2,1-4H3/b6-5+. The maximum Gasteiger partial charge on any atom is 0.306 e. The van der Waals surface area contributed by atoms with Gasteiger partial charge in [0, 0.05) is 0 Å². The first-order chi connectivity index (χ1) is 8.54. The first kappa shape index (κ1) is 14.7. The lowest BCUT2D eigenvalue weighted by Gasteiger charge is -2.30. The highest BCUT2D eigenvalue weighted by molar-refractivity contribution is 6.93. The molecule has 0 amide bonds. The zero-order valence-electron chi connectivity index (χ0n) is 11.6. The van der Waals surface area contributed by atoms with Crippen LogP contribution in [0.1, 0.15) is 13.3 Å². The first-order valence-electron chi connectivity index (χ1n) is 6.28. The van der Waals surface area contributed by atoms with E-state index in [-0.39, 0.29) is 11.5 Å². The third-order valence-corrected chi connectivity index (χ3v) is 7.52. The van der Waals surface area contributed by atoms with E-state index >= 15 is 0 Å². The Balaban J connectivity index is 3.06. The third kappa shape index (κ3) is 3.32. The minimum atomic E-state index is -1.86. The third-order valence-electron chi connectivity index (χ3n) is 3.48. The number of methoxy groups -OCH3 is 1. The van der Waals surface area contributed by atoms with Gasteiger partial charge >= 0.3 is 5.97 Å². The fourth-order valence-electron chi connectivity index (χ4n) is 2.17. The smallest absolute Gasteiger partial charge is 0.306 e. The Morgan fingerprint density at radius 2 is 1.94 bits per heavy atom. The summed E-state index contributed by atoms with van der Waals surface area (Å²) in [5.41, 5.74) is -0.0268. The highest BCUT2D eigenvalue weighted by Crippen LogP contribution is 2.27. The second kappa shape index (κ2) is 6.54. The van der Waals surface area contributed by atoms with Crippen LogP contribution >= 0.6 is 0 Å². The maximum absolute atomic E-state index is 12.0. The van der Waals surface area contributed by atoms with Gasteiger partial charge in [0.2, 0.25) is 0 Å². The van der Waals surface area contributed by atoms with Gasteiger partial charge in [-0.25, -0.2) is 0 Å². The Labute approximate surface area is 111 Å². The number of hydrogen-bond donors (Lipinski definition) is 0. The molecule has 3 heteroatoms. The quantitative estimate of drug-likeness (QED) is 0.463. The van der Waals surface area contributed by atoms with Crippen LogP contribution in [0.25, 0.3) is 0 Å². The Hall–Kier alpha value is -1.35. The first-order valence-corrected chi connectivity index (χ1v) is 9.36. The van der Waals surface area contributed by atoms with Gasteiger partial charge < -0.3 is 4.74 Å². The van der Waals surface area contributed by atoms with Gasteiger partial charge in [0.1, 0.15) is 0 Å². The van der Waals surface area contributed by atoms with Gasteiger partial charge in [0.15, 0.2) is 0 Å². The van der Waals surface area contributed by atoms with E-state index in [1.807, 2.05) is 31.2 Å². The molecule has 0 fully saturated rings. The lowest BCUT2D eigenvalue weighted by Crippen LogP contribution is -2.48. The van der Waals surface area contributed by atoms with Crippen LogP contribution in [0, 0.1) is 0 Å². The molecule has 1 atom stereocenters. The molecule has 0 bridgehead atoms. The molecule has 0 spiro atoms. The lowest BCUT2D eigenvalue weighted by molar-refractivity contribution is -0.140. The van der Waals surface area contributed by atoms with Crippen molar-refractivity contribution in [2.45, 2.75) is 32.0 Å². The van der Waals surface area contributed by atoms with Crippen LogP contribution in [0.15, 0.2) is 42.5 Å². The predicted octanol–water partition coefficient (Wildman–Crippen LogP) is 3.11. The summed E-state index contributed by atoms with van der Waals surface area (Å²) < 4.78 is 4.98. The van der Waals surface area contributed by atoms with Gasteiger partial charge in [-0.3, -0.25) is 4.79 Å². The van der Waals surface area contributed by atoms with Gasteiger partial charge in [0.25, 0.3) is 0 Å². The van der Waals surface area contributed by atoms with Crippen molar-refractivity contribution in [3.8, 4) is 0 Å². The van der Waals surface area contributed by atoms with Crippen molar-refractivity contribution < 1.29 is 9.53 Å². The van der Waals surface area contributed by atoms with Crippen LogP contribution in [0.2, 0.25) is 18.6 Å². The molecule has 98 valence electrons. The number of benzene rings is 1. The molecule has 0 N–H and O–H groups in total. The molecule has 1 aromatic rings. The van der Waals surface area contributed by atoms with Crippen LogP contribution in [-0.4, -0.2) is 21.2 Å². The van der Waals surface area contributed by atoms with Crippen molar-refractivity contribution in [1.29, 1.82) is 0 Å². The van der Waals surface area contributed by atoms with Gasteiger partial charge in [-0.05, 0) is 13.3 Å². The number of hydrogen-bond acceptors (Lipinski definition) is 2.